The van der Waals surface area contributed by atoms with E-state index in [4.69, 9.17) is 0 Å². The number of benzene rings is 1. The molecule has 0 spiro atoms. The minimum Gasteiger partial charge on any atom is -0.387 e. The van der Waals surface area contributed by atoms with Crippen LogP contribution in [0.5, 0.6) is 0 Å². The quantitative estimate of drug-likeness (QED) is 0.628. The first-order valence-corrected chi connectivity index (χ1v) is 9.86. The third kappa shape index (κ3) is 4.22. The van der Waals surface area contributed by atoms with Gasteiger partial charge < -0.3 is 10.4 Å². The van der Waals surface area contributed by atoms with Crippen molar-refractivity contribution in [2.45, 2.75) is 19.1 Å². The Hall–Kier alpha value is -1.72. The zero-order valence-corrected chi connectivity index (χ0v) is 15.2. The highest BCUT2D eigenvalue weighted by Crippen LogP contribution is 2.26. The van der Waals surface area contributed by atoms with Gasteiger partial charge in [-0.1, -0.05) is 36.4 Å². The summed E-state index contributed by atoms with van der Waals surface area (Å²) in [7, 11) is 0. The molecule has 2 atom stereocenters. The molecule has 0 radical (unpaired) electrons. The summed E-state index contributed by atoms with van der Waals surface area (Å²) >= 11 is 3.42. The van der Waals surface area contributed by atoms with Crippen LogP contribution in [0, 0.1) is 0 Å². The van der Waals surface area contributed by atoms with Crippen LogP contribution in [0.15, 0.2) is 70.1 Å². The molecule has 0 unspecified atom stereocenters. The van der Waals surface area contributed by atoms with Crippen LogP contribution in [-0.4, -0.2) is 17.7 Å². The highest BCUT2D eigenvalue weighted by molar-refractivity contribution is 7.08. The van der Waals surface area contributed by atoms with E-state index >= 15 is 0 Å². The van der Waals surface area contributed by atoms with Gasteiger partial charge in [-0.3, -0.25) is 0 Å². The van der Waals surface area contributed by atoms with Gasteiger partial charge in [0.05, 0.1) is 6.10 Å². The summed E-state index contributed by atoms with van der Waals surface area (Å²) in [6.07, 6.45) is 1.70. The SMILES string of the molecule is C[C@H](NCC=C(c1ccsc1)c1ccsc1)[C@@H](O)c1ccccc1. The average Bonchev–Trinajstić information content (AvgIpc) is 3.32. The molecule has 2 aromatic heterocycles. The van der Waals surface area contributed by atoms with Crippen LogP contribution < -0.4 is 5.32 Å². The standard InChI is InChI=1S/C20H21NOS2/c1-15(20(22)16-5-3-2-4-6-16)21-10-7-19(17-8-11-23-13-17)18-9-12-24-14-18/h2-9,11-15,20-22H,10H2,1H3/t15-,20+/m0/s1. The van der Waals surface area contributed by atoms with Crippen molar-refractivity contribution in [3.05, 3.63) is 86.8 Å². The monoisotopic (exact) mass is 355 g/mol. The van der Waals surface area contributed by atoms with Crippen molar-refractivity contribution in [2.75, 3.05) is 6.54 Å². The summed E-state index contributed by atoms with van der Waals surface area (Å²) in [5, 5.41) is 22.4. The van der Waals surface area contributed by atoms with Crippen molar-refractivity contribution < 1.29 is 5.11 Å². The lowest BCUT2D eigenvalue weighted by atomic mass is 10.0. The number of rotatable bonds is 7. The maximum atomic E-state index is 10.4. The number of hydrogen-bond acceptors (Lipinski definition) is 4. The van der Waals surface area contributed by atoms with E-state index in [2.05, 4.69) is 45.0 Å². The number of hydrogen-bond donors (Lipinski definition) is 2. The Morgan fingerprint density at radius 1 is 1.04 bits per heavy atom. The first kappa shape index (κ1) is 17.1. The van der Waals surface area contributed by atoms with Crippen molar-refractivity contribution in [3.63, 3.8) is 0 Å². The van der Waals surface area contributed by atoms with Gasteiger partial charge in [-0.15, -0.1) is 0 Å². The van der Waals surface area contributed by atoms with Crippen LogP contribution in [0.25, 0.3) is 5.57 Å². The summed E-state index contributed by atoms with van der Waals surface area (Å²) in [4.78, 5) is 0. The van der Waals surface area contributed by atoms with Crippen molar-refractivity contribution in [1.82, 2.24) is 5.32 Å². The van der Waals surface area contributed by atoms with Crippen molar-refractivity contribution in [2.24, 2.45) is 0 Å². The summed E-state index contributed by atoms with van der Waals surface area (Å²) in [6.45, 7) is 2.73. The summed E-state index contributed by atoms with van der Waals surface area (Å²) in [5.74, 6) is 0. The molecule has 0 bridgehead atoms. The molecule has 0 aliphatic heterocycles. The fourth-order valence-electron chi connectivity index (χ4n) is 2.64. The van der Waals surface area contributed by atoms with Gasteiger partial charge in [-0.2, -0.15) is 22.7 Å². The third-order valence-electron chi connectivity index (χ3n) is 4.03. The molecule has 0 saturated carbocycles. The van der Waals surface area contributed by atoms with Crippen LogP contribution in [0.4, 0.5) is 0 Å². The topological polar surface area (TPSA) is 32.3 Å². The van der Waals surface area contributed by atoms with Crippen molar-refractivity contribution >= 4 is 28.2 Å². The fraction of sp³-hybridized carbons (Fsp3) is 0.200. The highest BCUT2D eigenvalue weighted by atomic mass is 32.1. The highest BCUT2D eigenvalue weighted by Gasteiger charge is 2.15. The Morgan fingerprint density at radius 2 is 1.67 bits per heavy atom. The number of aliphatic hydroxyl groups is 1. The van der Waals surface area contributed by atoms with E-state index in [-0.39, 0.29) is 6.04 Å². The minimum atomic E-state index is -0.509. The van der Waals surface area contributed by atoms with Crippen LogP contribution >= 0.6 is 22.7 Å². The molecule has 2 nitrogen and oxygen atoms in total. The molecule has 124 valence electrons. The van der Waals surface area contributed by atoms with E-state index in [0.29, 0.717) is 6.54 Å². The van der Waals surface area contributed by atoms with Crippen LogP contribution in [0.1, 0.15) is 29.7 Å². The molecule has 2 heterocycles. The van der Waals surface area contributed by atoms with E-state index in [1.54, 1.807) is 22.7 Å². The van der Waals surface area contributed by atoms with E-state index < -0.39 is 6.10 Å². The molecule has 0 aliphatic carbocycles. The molecule has 1 aromatic carbocycles. The average molecular weight is 356 g/mol. The van der Waals surface area contributed by atoms with Gasteiger partial charge in [0.2, 0.25) is 0 Å². The van der Waals surface area contributed by atoms with E-state index in [9.17, 15) is 5.11 Å². The molecule has 2 N–H and O–H groups in total. The zero-order valence-electron chi connectivity index (χ0n) is 13.6. The maximum absolute atomic E-state index is 10.4. The Bertz CT molecular complexity index is 712. The first-order valence-electron chi connectivity index (χ1n) is 7.97. The molecule has 4 heteroatoms. The van der Waals surface area contributed by atoms with Gasteiger partial charge in [-0.25, -0.2) is 0 Å². The molecular formula is C20H21NOS2. The molecule has 0 fully saturated rings. The number of nitrogens with one attached hydrogen (secondary N) is 1. The third-order valence-corrected chi connectivity index (χ3v) is 5.39. The Labute approximate surface area is 151 Å². The van der Waals surface area contributed by atoms with Crippen LogP contribution in [0.2, 0.25) is 0 Å². The molecule has 3 rings (SSSR count). The second kappa shape index (κ2) is 8.40. The second-order valence-corrected chi connectivity index (χ2v) is 7.25. The molecule has 24 heavy (non-hydrogen) atoms. The lowest BCUT2D eigenvalue weighted by Gasteiger charge is -2.20. The largest absolute Gasteiger partial charge is 0.387 e. The van der Waals surface area contributed by atoms with Crippen LogP contribution in [-0.2, 0) is 0 Å². The first-order chi connectivity index (χ1) is 11.8. The molecule has 0 amide bonds. The number of aliphatic hydroxyl groups excluding tert-OH is 1. The van der Waals surface area contributed by atoms with Gasteiger partial charge in [0.25, 0.3) is 0 Å². The van der Waals surface area contributed by atoms with E-state index in [0.717, 1.165) is 5.56 Å². The maximum Gasteiger partial charge on any atom is 0.0940 e. The Balaban J connectivity index is 1.67. The molecule has 0 aliphatic rings. The summed E-state index contributed by atoms with van der Waals surface area (Å²) < 4.78 is 0. The van der Waals surface area contributed by atoms with Gasteiger partial charge in [0, 0.05) is 12.6 Å². The lowest BCUT2D eigenvalue weighted by Crippen LogP contribution is -2.32. The van der Waals surface area contributed by atoms with Gasteiger partial charge in [0.1, 0.15) is 0 Å². The van der Waals surface area contributed by atoms with Crippen molar-refractivity contribution in [3.8, 4) is 0 Å². The summed E-state index contributed by atoms with van der Waals surface area (Å²) in [5.41, 5.74) is 4.68. The van der Waals surface area contributed by atoms with Gasteiger partial charge in [0.15, 0.2) is 0 Å². The Morgan fingerprint density at radius 3 is 2.21 bits per heavy atom. The second-order valence-electron chi connectivity index (χ2n) is 5.69. The van der Waals surface area contributed by atoms with E-state index in [1.807, 2.05) is 37.3 Å². The van der Waals surface area contributed by atoms with Gasteiger partial charge in [-0.05, 0) is 62.8 Å². The van der Waals surface area contributed by atoms with Gasteiger partial charge >= 0.3 is 0 Å². The number of thiophene rings is 2. The summed E-state index contributed by atoms with van der Waals surface area (Å²) in [6, 6.07) is 14.1. The molecule has 3 aromatic rings. The predicted molar refractivity (Wildman–Crippen MR) is 105 cm³/mol. The smallest absolute Gasteiger partial charge is 0.0940 e. The Kier molecular flexibility index (Phi) is 5.99. The minimum absolute atomic E-state index is 0.0187. The fourth-order valence-corrected chi connectivity index (χ4v) is 3.95. The molecular weight excluding hydrogens is 334 g/mol. The normalized spacial score (nSPS) is 13.4. The zero-order chi connectivity index (χ0) is 16.8. The molecule has 0 saturated heterocycles. The van der Waals surface area contributed by atoms with E-state index in [1.165, 1.54) is 16.7 Å². The van der Waals surface area contributed by atoms with Crippen LogP contribution in [0.3, 0.4) is 0 Å². The predicted octanol–water partition coefficient (Wildman–Crippen LogP) is 4.95. The van der Waals surface area contributed by atoms with Crippen molar-refractivity contribution in [1.29, 1.82) is 0 Å². The lowest BCUT2D eigenvalue weighted by molar-refractivity contribution is 0.138.